The van der Waals surface area contributed by atoms with E-state index < -0.39 is 0 Å². The number of benzene rings is 1. The van der Waals surface area contributed by atoms with Gasteiger partial charge in [-0.05, 0) is 36.0 Å². The normalized spacial score (nSPS) is 15.2. The first-order valence-electron chi connectivity index (χ1n) is 8.48. The number of carbonyl (C=O) groups excluding carboxylic acids is 1. The lowest BCUT2D eigenvalue weighted by Gasteiger charge is -2.32. The molecule has 1 aromatic heterocycles. The number of hydrogen-bond donors (Lipinski definition) is 1. The fourth-order valence-electron chi connectivity index (χ4n) is 3.13. The van der Waals surface area contributed by atoms with Crippen LogP contribution >= 0.6 is 11.6 Å². The number of piperidine rings is 1. The van der Waals surface area contributed by atoms with E-state index in [-0.39, 0.29) is 12.5 Å². The third kappa shape index (κ3) is 4.71. The average Bonchev–Trinajstić information content (AvgIpc) is 2.66. The van der Waals surface area contributed by atoms with E-state index in [1.54, 1.807) is 18.2 Å². The van der Waals surface area contributed by atoms with E-state index in [0.717, 1.165) is 31.5 Å². The summed E-state index contributed by atoms with van der Waals surface area (Å²) in [6.45, 7) is 2.02. The van der Waals surface area contributed by atoms with Gasteiger partial charge in [-0.15, -0.1) is 0 Å². The summed E-state index contributed by atoms with van der Waals surface area (Å²) in [6.07, 6.45) is 1.91. The topological polar surface area (TPSA) is 68.5 Å². The SMILES string of the molecule is NCc1cccc(C2CCN(C(=O)COc3cccc(Cl)n3)CC2)c1. The molecule has 6 heteroatoms. The van der Waals surface area contributed by atoms with Crippen LogP contribution in [0.3, 0.4) is 0 Å². The van der Waals surface area contributed by atoms with Crippen LogP contribution in [0.4, 0.5) is 0 Å². The van der Waals surface area contributed by atoms with Crippen molar-refractivity contribution in [3.8, 4) is 5.88 Å². The Bertz CT molecular complexity index is 730. The zero-order valence-corrected chi connectivity index (χ0v) is 14.8. The highest BCUT2D eigenvalue weighted by Gasteiger charge is 2.24. The summed E-state index contributed by atoms with van der Waals surface area (Å²) in [5, 5.41) is 0.352. The van der Waals surface area contributed by atoms with Gasteiger partial charge in [0.15, 0.2) is 6.61 Å². The molecular weight excluding hydrogens is 338 g/mol. The lowest BCUT2D eigenvalue weighted by atomic mass is 9.88. The van der Waals surface area contributed by atoms with Gasteiger partial charge in [-0.1, -0.05) is 41.9 Å². The molecular formula is C19H22ClN3O2. The molecule has 0 aliphatic carbocycles. The van der Waals surface area contributed by atoms with Crippen LogP contribution in [0.5, 0.6) is 5.88 Å². The molecule has 0 unspecified atom stereocenters. The number of carbonyl (C=O) groups is 1. The number of ether oxygens (including phenoxy) is 1. The molecule has 5 nitrogen and oxygen atoms in total. The van der Waals surface area contributed by atoms with Crippen molar-refractivity contribution < 1.29 is 9.53 Å². The Hall–Kier alpha value is -2.11. The number of pyridine rings is 1. The molecule has 1 aromatic carbocycles. The molecule has 1 fully saturated rings. The molecule has 0 saturated carbocycles. The molecule has 1 aliphatic heterocycles. The summed E-state index contributed by atoms with van der Waals surface area (Å²) in [4.78, 5) is 18.2. The van der Waals surface area contributed by atoms with Gasteiger partial charge in [0.05, 0.1) is 0 Å². The molecule has 0 radical (unpaired) electrons. The van der Waals surface area contributed by atoms with E-state index in [0.29, 0.717) is 23.5 Å². The molecule has 2 N–H and O–H groups in total. The molecule has 1 saturated heterocycles. The molecule has 0 atom stereocenters. The van der Waals surface area contributed by atoms with E-state index >= 15 is 0 Å². The zero-order valence-electron chi connectivity index (χ0n) is 14.0. The van der Waals surface area contributed by atoms with Gasteiger partial charge in [-0.2, -0.15) is 0 Å². The predicted molar refractivity (Wildman–Crippen MR) is 97.6 cm³/mol. The van der Waals surface area contributed by atoms with Crippen LogP contribution in [0.15, 0.2) is 42.5 Å². The van der Waals surface area contributed by atoms with E-state index in [1.165, 1.54) is 5.56 Å². The van der Waals surface area contributed by atoms with E-state index in [4.69, 9.17) is 22.1 Å². The van der Waals surface area contributed by atoms with E-state index in [2.05, 4.69) is 23.2 Å². The molecule has 1 amide bonds. The number of rotatable bonds is 5. The van der Waals surface area contributed by atoms with Gasteiger partial charge in [0.25, 0.3) is 5.91 Å². The molecule has 0 bridgehead atoms. The third-order valence-electron chi connectivity index (χ3n) is 4.54. The van der Waals surface area contributed by atoms with E-state index in [9.17, 15) is 4.79 Å². The summed E-state index contributed by atoms with van der Waals surface area (Å²) in [5.74, 6) is 0.830. The largest absolute Gasteiger partial charge is 0.468 e. The molecule has 2 aromatic rings. The minimum atomic E-state index is -0.0177. The molecule has 25 heavy (non-hydrogen) atoms. The van der Waals surface area contributed by atoms with Crippen LogP contribution in [0.1, 0.15) is 29.9 Å². The summed E-state index contributed by atoms with van der Waals surface area (Å²) in [5.41, 5.74) is 8.19. The average molecular weight is 360 g/mol. The van der Waals surface area contributed by atoms with Gasteiger partial charge in [0.1, 0.15) is 5.15 Å². The van der Waals surface area contributed by atoms with Crippen LogP contribution in [0.2, 0.25) is 5.15 Å². The molecule has 1 aliphatic rings. The third-order valence-corrected chi connectivity index (χ3v) is 4.75. The van der Waals surface area contributed by atoms with Gasteiger partial charge in [-0.25, -0.2) is 4.98 Å². The zero-order chi connectivity index (χ0) is 17.6. The summed E-state index contributed by atoms with van der Waals surface area (Å²) < 4.78 is 5.44. The van der Waals surface area contributed by atoms with Crippen molar-refractivity contribution >= 4 is 17.5 Å². The molecule has 132 valence electrons. The highest BCUT2D eigenvalue weighted by molar-refractivity contribution is 6.29. The standard InChI is InChI=1S/C19H22ClN3O2/c20-17-5-2-6-18(22-17)25-13-19(24)23-9-7-15(8-10-23)16-4-1-3-14(11-16)12-21/h1-6,11,15H,7-10,12-13,21H2. The highest BCUT2D eigenvalue weighted by atomic mass is 35.5. The maximum Gasteiger partial charge on any atom is 0.260 e. The number of likely N-dealkylation sites (tertiary alicyclic amines) is 1. The first-order valence-corrected chi connectivity index (χ1v) is 8.85. The number of nitrogens with two attached hydrogens (primary N) is 1. The van der Waals surface area contributed by atoms with Crippen molar-refractivity contribution in [1.82, 2.24) is 9.88 Å². The van der Waals surface area contributed by atoms with Crippen molar-refractivity contribution in [2.24, 2.45) is 5.73 Å². The quantitative estimate of drug-likeness (QED) is 0.833. The van der Waals surface area contributed by atoms with Crippen LogP contribution in [-0.4, -0.2) is 35.5 Å². The number of aromatic nitrogens is 1. The lowest BCUT2D eigenvalue weighted by Crippen LogP contribution is -2.40. The number of hydrogen-bond acceptors (Lipinski definition) is 4. The Balaban J connectivity index is 1.50. The second-order valence-electron chi connectivity index (χ2n) is 6.19. The Morgan fingerprint density at radius 3 is 2.72 bits per heavy atom. The summed E-state index contributed by atoms with van der Waals surface area (Å²) in [6, 6.07) is 13.5. The fourth-order valence-corrected chi connectivity index (χ4v) is 3.29. The van der Waals surface area contributed by atoms with Crippen LogP contribution in [-0.2, 0) is 11.3 Å². The Morgan fingerprint density at radius 1 is 1.24 bits per heavy atom. The van der Waals surface area contributed by atoms with Crippen molar-refractivity contribution in [3.05, 3.63) is 58.7 Å². The number of amides is 1. The van der Waals surface area contributed by atoms with Crippen molar-refractivity contribution in [2.75, 3.05) is 19.7 Å². The minimum absolute atomic E-state index is 0.0132. The minimum Gasteiger partial charge on any atom is -0.468 e. The first kappa shape index (κ1) is 17.7. The monoisotopic (exact) mass is 359 g/mol. The fraction of sp³-hybridized carbons (Fsp3) is 0.368. The number of nitrogens with zero attached hydrogens (tertiary/aromatic N) is 2. The van der Waals surface area contributed by atoms with Crippen LogP contribution < -0.4 is 10.5 Å². The molecule has 3 rings (SSSR count). The van der Waals surface area contributed by atoms with Gasteiger partial charge in [0, 0.05) is 25.7 Å². The lowest BCUT2D eigenvalue weighted by molar-refractivity contribution is -0.134. The second-order valence-corrected chi connectivity index (χ2v) is 6.58. The molecule has 2 heterocycles. The Kier molecular flexibility index (Phi) is 5.89. The van der Waals surface area contributed by atoms with Crippen molar-refractivity contribution in [2.45, 2.75) is 25.3 Å². The smallest absolute Gasteiger partial charge is 0.260 e. The van der Waals surface area contributed by atoms with Crippen molar-refractivity contribution in [3.63, 3.8) is 0 Å². The highest BCUT2D eigenvalue weighted by Crippen LogP contribution is 2.28. The summed E-state index contributed by atoms with van der Waals surface area (Å²) >= 11 is 5.81. The predicted octanol–water partition coefficient (Wildman–Crippen LogP) is 2.98. The second kappa shape index (κ2) is 8.32. The maximum atomic E-state index is 12.3. The van der Waals surface area contributed by atoms with Gasteiger partial charge in [0.2, 0.25) is 5.88 Å². The summed E-state index contributed by atoms with van der Waals surface area (Å²) in [7, 11) is 0. The van der Waals surface area contributed by atoms with E-state index in [1.807, 2.05) is 11.0 Å². The number of halogens is 1. The van der Waals surface area contributed by atoms with Gasteiger partial charge in [-0.3, -0.25) is 4.79 Å². The molecule has 0 spiro atoms. The van der Waals surface area contributed by atoms with Crippen molar-refractivity contribution in [1.29, 1.82) is 0 Å². The van der Waals surface area contributed by atoms with Gasteiger partial charge >= 0.3 is 0 Å². The van der Waals surface area contributed by atoms with Crippen LogP contribution in [0.25, 0.3) is 0 Å². The maximum absolute atomic E-state index is 12.3. The van der Waals surface area contributed by atoms with Crippen LogP contribution in [0, 0.1) is 0 Å². The Labute approximate surface area is 152 Å². The first-order chi connectivity index (χ1) is 12.2. The van der Waals surface area contributed by atoms with Gasteiger partial charge < -0.3 is 15.4 Å². The Morgan fingerprint density at radius 2 is 2.00 bits per heavy atom.